The zero-order valence-electron chi connectivity index (χ0n) is 14.5. The van der Waals surface area contributed by atoms with Gasteiger partial charge in [-0.15, -0.1) is 0 Å². The van der Waals surface area contributed by atoms with Gasteiger partial charge in [0.05, 0.1) is 5.41 Å². The fourth-order valence-electron chi connectivity index (χ4n) is 5.60. The molecule has 4 atom stereocenters. The van der Waals surface area contributed by atoms with E-state index < -0.39 is 11.4 Å². The van der Waals surface area contributed by atoms with Crippen LogP contribution in [0.15, 0.2) is 23.3 Å². The maximum absolute atomic E-state index is 11.9. The van der Waals surface area contributed by atoms with Crippen molar-refractivity contribution in [2.75, 3.05) is 0 Å². The molecule has 23 heavy (non-hydrogen) atoms. The number of allylic oxidation sites excluding steroid dienone is 4. The van der Waals surface area contributed by atoms with Crippen LogP contribution in [-0.4, -0.2) is 48.8 Å². The third kappa shape index (κ3) is 3.09. The van der Waals surface area contributed by atoms with E-state index in [9.17, 15) is 9.90 Å². The van der Waals surface area contributed by atoms with Gasteiger partial charge < -0.3 is 5.11 Å². The zero-order valence-corrected chi connectivity index (χ0v) is 14.5. The van der Waals surface area contributed by atoms with Crippen LogP contribution in [0, 0.1) is 28.6 Å². The van der Waals surface area contributed by atoms with Gasteiger partial charge in [-0.2, -0.15) is 0 Å². The second-order valence-corrected chi connectivity index (χ2v) is 8.54. The van der Waals surface area contributed by atoms with Crippen molar-refractivity contribution in [3.63, 3.8) is 0 Å². The molecule has 0 aromatic heterocycles. The molecule has 1 fully saturated rings. The van der Waals surface area contributed by atoms with Crippen LogP contribution in [0.25, 0.3) is 0 Å². The molecule has 3 aliphatic carbocycles. The third-order valence-electron chi connectivity index (χ3n) is 7.07. The van der Waals surface area contributed by atoms with Gasteiger partial charge in [0, 0.05) is 0 Å². The van der Waals surface area contributed by atoms with Crippen molar-refractivity contribution in [1.29, 1.82) is 0 Å². The Hall–Kier alpha value is 0.210. The van der Waals surface area contributed by atoms with Crippen LogP contribution < -0.4 is 0 Å². The Balaban J connectivity index is 0.00000192. The number of hydrogen-bond acceptors (Lipinski definition) is 1. The van der Waals surface area contributed by atoms with Gasteiger partial charge in [0.2, 0.25) is 0 Å². The van der Waals surface area contributed by atoms with E-state index in [1.807, 2.05) is 6.92 Å². The molecule has 0 heterocycles. The van der Waals surface area contributed by atoms with E-state index in [1.54, 1.807) is 5.57 Å². The molecule has 126 valence electrons. The van der Waals surface area contributed by atoms with Crippen LogP contribution in [0.4, 0.5) is 0 Å². The molecule has 0 saturated heterocycles. The second-order valence-electron chi connectivity index (χ2n) is 8.54. The molecule has 0 aromatic carbocycles. The summed E-state index contributed by atoms with van der Waals surface area (Å²) in [5.41, 5.74) is 2.69. The van der Waals surface area contributed by atoms with E-state index in [1.165, 1.54) is 24.8 Å². The fraction of sp³-hybridized carbons (Fsp3) is 0.750. The van der Waals surface area contributed by atoms with Crippen LogP contribution in [-0.2, 0) is 4.79 Å². The molecule has 3 rings (SSSR count). The summed E-state index contributed by atoms with van der Waals surface area (Å²) in [5.74, 6) is 0.888. The molecule has 0 spiro atoms. The summed E-state index contributed by atoms with van der Waals surface area (Å²) in [4.78, 5) is 11.9. The molecule has 2 nitrogen and oxygen atoms in total. The Bertz CT molecular complexity index is 548. The SMILES string of the molecule is CC(C)C1=CC2=CC[C@@H]3[C@](C)(CCC[C@@]3(C)C(=O)O)[C@H]2CC1.[CaH2]. The molecule has 1 saturated carbocycles. The van der Waals surface area contributed by atoms with Crippen molar-refractivity contribution >= 4 is 43.7 Å². The summed E-state index contributed by atoms with van der Waals surface area (Å²) >= 11 is 0. The monoisotopic (exact) mass is 344 g/mol. The Morgan fingerprint density at radius 2 is 2.00 bits per heavy atom. The van der Waals surface area contributed by atoms with E-state index in [-0.39, 0.29) is 49.1 Å². The number of carbonyl (C=O) groups is 1. The Morgan fingerprint density at radius 3 is 2.61 bits per heavy atom. The van der Waals surface area contributed by atoms with Gasteiger partial charge >= 0.3 is 43.7 Å². The summed E-state index contributed by atoms with van der Waals surface area (Å²) in [7, 11) is 0. The predicted octanol–water partition coefficient (Wildman–Crippen LogP) is 4.29. The first kappa shape index (κ1) is 19.5. The van der Waals surface area contributed by atoms with Crippen LogP contribution in [0.2, 0.25) is 0 Å². The van der Waals surface area contributed by atoms with Crippen molar-refractivity contribution in [2.45, 2.75) is 66.2 Å². The molecule has 0 amide bonds. The van der Waals surface area contributed by atoms with Gasteiger partial charge in [-0.25, -0.2) is 0 Å². The van der Waals surface area contributed by atoms with Gasteiger partial charge in [-0.1, -0.05) is 44.9 Å². The standard InChI is InChI=1S/C20H30O2.Ca.2H/c1-13(2)14-6-8-16-15(12-14)7-9-17-19(16,3)10-5-11-20(17,4)18(21)22;;;/h7,12-13,16-17H,5-6,8-11H2,1-4H3,(H,21,22);;;/t16-,17+,19+,20+;;;/m0.../s1. The van der Waals surface area contributed by atoms with E-state index in [2.05, 4.69) is 32.9 Å². The van der Waals surface area contributed by atoms with Crippen LogP contribution in [0.5, 0.6) is 0 Å². The molecular formula is C20H32CaO2. The first-order valence-electron chi connectivity index (χ1n) is 8.93. The minimum atomic E-state index is -0.588. The van der Waals surface area contributed by atoms with Crippen molar-refractivity contribution in [2.24, 2.45) is 28.6 Å². The van der Waals surface area contributed by atoms with Crippen molar-refractivity contribution in [3.8, 4) is 0 Å². The molecule has 0 radical (unpaired) electrons. The Kier molecular flexibility index (Phi) is 5.81. The first-order valence-corrected chi connectivity index (χ1v) is 8.93. The molecule has 3 heteroatoms. The molecule has 3 aliphatic rings. The van der Waals surface area contributed by atoms with Gasteiger partial charge in [-0.05, 0) is 67.8 Å². The summed E-state index contributed by atoms with van der Waals surface area (Å²) in [6.45, 7) is 8.93. The molecule has 0 aliphatic heterocycles. The van der Waals surface area contributed by atoms with E-state index in [0.717, 1.165) is 19.3 Å². The third-order valence-corrected chi connectivity index (χ3v) is 7.07. The topological polar surface area (TPSA) is 37.3 Å². The number of carboxylic acids is 1. The normalized spacial score (nSPS) is 39.5. The van der Waals surface area contributed by atoms with E-state index in [4.69, 9.17) is 0 Å². The average Bonchev–Trinajstić information content (AvgIpc) is 2.46. The van der Waals surface area contributed by atoms with Gasteiger partial charge in [0.1, 0.15) is 0 Å². The molecule has 1 N–H and O–H groups in total. The van der Waals surface area contributed by atoms with Crippen molar-refractivity contribution in [3.05, 3.63) is 23.3 Å². The zero-order chi connectivity index (χ0) is 16.1. The van der Waals surface area contributed by atoms with Gasteiger partial charge in [-0.3, -0.25) is 4.79 Å². The maximum atomic E-state index is 11.9. The summed E-state index contributed by atoms with van der Waals surface area (Å²) in [6, 6.07) is 0. The Morgan fingerprint density at radius 1 is 1.30 bits per heavy atom. The number of rotatable bonds is 2. The van der Waals surface area contributed by atoms with E-state index in [0.29, 0.717) is 11.8 Å². The number of carboxylic acid groups (broad SMARTS) is 1. The summed E-state index contributed by atoms with van der Waals surface area (Å²) in [5, 5.41) is 9.83. The van der Waals surface area contributed by atoms with Gasteiger partial charge in [0.15, 0.2) is 0 Å². The van der Waals surface area contributed by atoms with Crippen molar-refractivity contribution < 1.29 is 9.90 Å². The Labute approximate surface area is 170 Å². The second kappa shape index (κ2) is 6.84. The van der Waals surface area contributed by atoms with Gasteiger partial charge in [0.25, 0.3) is 0 Å². The molecule has 0 bridgehead atoms. The van der Waals surface area contributed by atoms with Crippen LogP contribution in [0.1, 0.15) is 66.2 Å². The minimum absolute atomic E-state index is 0. The molecule has 0 unspecified atom stereocenters. The number of aliphatic carboxylic acids is 1. The number of fused-ring (bicyclic) bond motifs is 3. The fourth-order valence-corrected chi connectivity index (χ4v) is 5.60. The van der Waals surface area contributed by atoms with Crippen LogP contribution in [0.3, 0.4) is 0 Å². The molecule has 0 aromatic rings. The predicted molar refractivity (Wildman–Crippen MR) is 98.1 cm³/mol. The number of hydrogen-bond donors (Lipinski definition) is 1. The van der Waals surface area contributed by atoms with E-state index >= 15 is 0 Å². The summed E-state index contributed by atoms with van der Waals surface area (Å²) in [6.07, 6.45) is 11.2. The first-order chi connectivity index (χ1) is 10.3. The molecular weight excluding hydrogens is 312 g/mol. The quantitative estimate of drug-likeness (QED) is 0.759. The van der Waals surface area contributed by atoms with Crippen molar-refractivity contribution in [1.82, 2.24) is 0 Å². The summed E-state index contributed by atoms with van der Waals surface area (Å²) < 4.78 is 0. The average molecular weight is 345 g/mol. The van der Waals surface area contributed by atoms with Crippen LogP contribution >= 0.6 is 0 Å².